The van der Waals surface area contributed by atoms with Gasteiger partial charge in [-0.15, -0.1) is 17.0 Å². The van der Waals surface area contributed by atoms with E-state index >= 15 is 0 Å². The van der Waals surface area contributed by atoms with E-state index in [1.165, 1.54) is 39.2 Å². The van der Waals surface area contributed by atoms with Gasteiger partial charge >= 0.3 is 5.97 Å². The van der Waals surface area contributed by atoms with Crippen molar-refractivity contribution in [1.29, 1.82) is 0 Å². The summed E-state index contributed by atoms with van der Waals surface area (Å²) in [7, 11) is 1.43. The van der Waals surface area contributed by atoms with E-state index in [1.54, 1.807) is 0 Å². The number of esters is 1. The number of nitrogens with one attached hydrogen (secondary N) is 1. The minimum absolute atomic E-state index is 0. The highest BCUT2D eigenvalue weighted by atomic mass is 79.9. The molecule has 0 heterocycles. The molecule has 0 unspecified atom stereocenters. The Hall–Kier alpha value is -0.0900. The molecule has 104 valence electrons. The van der Waals surface area contributed by atoms with Crippen LogP contribution in [0.4, 0.5) is 0 Å². The predicted molar refractivity (Wildman–Crippen MR) is 77.8 cm³/mol. The molecule has 0 aliphatic heterocycles. The van der Waals surface area contributed by atoms with E-state index in [0.29, 0.717) is 0 Å². The van der Waals surface area contributed by atoms with E-state index in [2.05, 4.69) is 12.2 Å². The van der Waals surface area contributed by atoms with Crippen molar-refractivity contribution >= 4 is 23.0 Å². The third-order valence-electron chi connectivity index (χ3n) is 2.79. The molecule has 0 aliphatic rings. The molecule has 0 aromatic rings. The largest absolute Gasteiger partial charge is 0.468 e. The summed E-state index contributed by atoms with van der Waals surface area (Å²) in [5, 5.41) is 3.23. The van der Waals surface area contributed by atoms with Crippen LogP contribution in [0.2, 0.25) is 0 Å². The minimum Gasteiger partial charge on any atom is -0.468 e. The minimum atomic E-state index is -0.557. The first-order valence-corrected chi connectivity index (χ1v) is 6.38. The van der Waals surface area contributed by atoms with E-state index in [1.807, 2.05) is 13.8 Å². The van der Waals surface area contributed by atoms with Gasteiger partial charge in [0.15, 0.2) is 0 Å². The molecule has 3 nitrogen and oxygen atoms in total. The van der Waals surface area contributed by atoms with Crippen LogP contribution >= 0.6 is 17.0 Å². The van der Waals surface area contributed by atoms with Crippen molar-refractivity contribution in [2.45, 2.75) is 64.8 Å². The lowest BCUT2D eigenvalue weighted by molar-refractivity contribution is -0.147. The van der Waals surface area contributed by atoms with Gasteiger partial charge in [0.2, 0.25) is 0 Å². The van der Waals surface area contributed by atoms with Gasteiger partial charge in [-0.25, -0.2) is 0 Å². The highest BCUT2D eigenvalue weighted by Gasteiger charge is 2.27. The molecule has 0 aromatic heterocycles. The Labute approximate surface area is 116 Å². The fourth-order valence-electron chi connectivity index (χ4n) is 1.63. The fourth-order valence-corrected chi connectivity index (χ4v) is 1.63. The lowest BCUT2D eigenvalue weighted by Gasteiger charge is -2.23. The van der Waals surface area contributed by atoms with Crippen molar-refractivity contribution in [3.8, 4) is 0 Å². The summed E-state index contributed by atoms with van der Waals surface area (Å²) in [6.07, 6.45) is 7.62. The molecule has 4 heteroatoms. The third-order valence-corrected chi connectivity index (χ3v) is 2.79. The van der Waals surface area contributed by atoms with Gasteiger partial charge in [0.25, 0.3) is 0 Å². The summed E-state index contributed by atoms with van der Waals surface area (Å²) in [5.41, 5.74) is -0.557. The Morgan fingerprint density at radius 3 is 2.18 bits per heavy atom. The van der Waals surface area contributed by atoms with Crippen LogP contribution in [-0.2, 0) is 9.53 Å². The van der Waals surface area contributed by atoms with Crippen LogP contribution in [0.1, 0.15) is 59.3 Å². The standard InChI is InChI=1S/C13H27NO2.BrH/c1-5-6-7-8-9-10-11-14-13(2,3)12(15)16-4;/h14H,5-11H2,1-4H3;1H. The van der Waals surface area contributed by atoms with E-state index in [0.717, 1.165) is 13.0 Å². The van der Waals surface area contributed by atoms with Crippen LogP contribution in [0.25, 0.3) is 0 Å². The van der Waals surface area contributed by atoms with Gasteiger partial charge in [-0.05, 0) is 26.8 Å². The van der Waals surface area contributed by atoms with Gasteiger partial charge in [-0.2, -0.15) is 0 Å². The lowest BCUT2D eigenvalue weighted by Crippen LogP contribution is -2.47. The topological polar surface area (TPSA) is 38.3 Å². The normalized spacial score (nSPS) is 10.8. The van der Waals surface area contributed by atoms with Gasteiger partial charge < -0.3 is 10.1 Å². The highest BCUT2D eigenvalue weighted by Crippen LogP contribution is 2.07. The van der Waals surface area contributed by atoms with Gasteiger partial charge in [0, 0.05) is 0 Å². The molecule has 0 saturated carbocycles. The quantitative estimate of drug-likeness (QED) is 0.523. The number of rotatable bonds is 9. The first kappa shape index (κ1) is 19.3. The van der Waals surface area contributed by atoms with Gasteiger partial charge in [0.1, 0.15) is 5.54 Å². The molecule has 0 bridgehead atoms. The molecular formula is C13H28BrNO2. The number of carbonyl (C=O) groups excluding carboxylic acids is 1. The van der Waals surface area contributed by atoms with Crippen molar-refractivity contribution in [2.75, 3.05) is 13.7 Å². The fraction of sp³-hybridized carbons (Fsp3) is 0.923. The first-order valence-electron chi connectivity index (χ1n) is 6.38. The van der Waals surface area contributed by atoms with Crippen LogP contribution in [-0.4, -0.2) is 25.2 Å². The van der Waals surface area contributed by atoms with Crippen molar-refractivity contribution in [2.24, 2.45) is 0 Å². The number of hydrogen-bond donors (Lipinski definition) is 1. The molecule has 0 saturated heterocycles. The maximum atomic E-state index is 11.4. The SMILES string of the molecule is Br.CCCCCCCCNC(C)(C)C(=O)OC. The highest BCUT2D eigenvalue weighted by molar-refractivity contribution is 8.93. The maximum Gasteiger partial charge on any atom is 0.325 e. The second kappa shape index (κ2) is 11.0. The van der Waals surface area contributed by atoms with Gasteiger partial charge in [-0.3, -0.25) is 4.79 Å². The van der Waals surface area contributed by atoms with E-state index < -0.39 is 5.54 Å². The van der Waals surface area contributed by atoms with Crippen LogP contribution in [0.15, 0.2) is 0 Å². The number of ether oxygens (including phenoxy) is 1. The lowest BCUT2D eigenvalue weighted by atomic mass is 10.1. The Morgan fingerprint density at radius 2 is 1.65 bits per heavy atom. The van der Waals surface area contributed by atoms with Crippen LogP contribution in [0.5, 0.6) is 0 Å². The number of methoxy groups -OCH3 is 1. The average molecular weight is 310 g/mol. The Balaban J connectivity index is 0. The summed E-state index contributed by atoms with van der Waals surface area (Å²) in [6.45, 7) is 6.82. The van der Waals surface area contributed by atoms with Crippen LogP contribution < -0.4 is 5.32 Å². The molecule has 17 heavy (non-hydrogen) atoms. The zero-order chi connectivity index (χ0) is 12.4. The monoisotopic (exact) mass is 309 g/mol. The molecular weight excluding hydrogens is 282 g/mol. The summed E-state index contributed by atoms with van der Waals surface area (Å²) < 4.78 is 4.72. The summed E-state index contributed by atoms with van der Waals surface area (Å²) in [6, 6.07) is 0. The van der Waals surface area contributed by atoms with Gasteiger partial charge in [0.05, 0.1) is 7.11 Å². The summed E-state index contributed by atoms with van der Waals surface area (Å²) in [4.78, 5) is 11.4. The van der Waals surface area contributed by atoms with Crippen molar-refractivity contribution in [3.05, 3.63) is 0 Å². The molecule has 0 radical (unpaired) electrons. The number of carbonyl (C=O) groups is 1. The number of hydrogen-bond acceptors (Lipinski definition) is 3. The first-order chi connectivity index (χ1) is 7.54. The Morgan fingerprint density at radius 1 is 1.12 bits per heavy atom. The van der Waals surface area contributed by atoms with Gasteiger partial charge in [-0.1, -0.05) is 39.0 Å². The molecule has 0 aromatic carbocycles. The van der Waals surface area contributed by atoms with E-state index in [4.69, 9.17) is 4.74 Å². The van der Waals surface area contributed by atoms with Crippen LogP contribution in [0.3, 0.4) is 0 Å². The Bertz CT molecular complexity index is 196. The molecule has 0 aliphatic carbocycles. The molecule has 1 N–H and O–H groups in total. The Kier molecular flexibility index (Phi) is 12.5. The van der Waals surface area contributed by atoms with Crippen molar-refractivity contribution in [1.82, 2.24) is 5.32 Å². The summed E-state index contributed by atoms with van der Waals surface area (Å²) in [5.74, 6) is -0.196. The number of halogens is 1. The average Bonchev–Trinajstić information content (AvgIpc) is 2.26. The second-order valence-corrected chi connectivity index (χ2v) is 4.81. The number of unbranched alkanes of at least 4 members (excludes halogenated alkanes) is 5. The van der Waals surface area contributed by atoms with E-state index in [9.17, 15) is 4.79 Å². The molecule has 0 spiro atoms. The van der Waals surface area contributed by atoms with Crippen molar-refractivity contribution < 1.29 is 9.53 Å². The smallest absolute Gasteiger partial charge is 0.325 e. The molecule has 0 amide bonds. The summed E-state index contributed by atoms with van der Waals surface area (Å²) >= 11 is 0. The third kappa shape index (κ3) is 9.60. The molecule has 0 atom stereocenters. The van der Waals surface area contributed by atoms with E-state index in [-0.39, 0.29) is 23.0 Å². The zero-order valence-corrected chi connectivity index (χ0v) is 13.4. The predicted octanol–water partition coefficient (Wildman–Crippen LogP) is 3.47. The van der Waals surface area contributed by atoms with Crippen LogP contribution in [0, 0.1) is 0 Å². The maximum absolute atomic E-state index is 11.4. The second-order valence-electron chi connectivity index (χ2n) is 4.81. The molecule has 0 fully saturated rings. The van der Waals surface area contributed by atoms with Crippen molar-refractivity contribution in [3.63, 3.8) is 0 Å². The zero-order valence-electron chi connectivity index (χ0n) is 11.7. The molecule has 0 rings (SSSR count).